The lowest BCUT2D eigenvalue weighted by Crippen LogP contribution is -2.19. The standard InChI is InChI=1S/C10H5F5O3/c11-9(12)7-2-5(3-16)1-6(4-17)8(7)18-10(13,14)15/h1-4,9H. The van der Waals surface area contributed by atoms with Gasteiger partial charge in [-0.15, -0.1) is 13.2 Å². The monoisotopic (exact) mass is 268 g/mol. The first-order valence-corrected chi connectivity index (χ1v) is 4.40. The minimum absolute atomic E-state index is 0.0973. The molecule has 8 heteroatoms. The summed E-state index contributed by atoms with van der Waals surface area (Å²) in [5, 5.41) is 0. The fraction of sp³-hybridized carbons (Fsp3) is 0.200. The topological polar surface area (TPSA) is 43.4 Å². The quantitative estimate of drug-likeness (QED) is 0.622. The minimum Gasteiger partial charge on any atom is -0.405 e. The maximum absolute atomic E-state index is 12.6. The van der Waals surface area contributed by atoms with E-state index < -0.39 is 29.7 Å². The normalized spacial score (nSPS) is 11.4. The molecule has 0 saturated carbocycles. The van der Waals surface area contributed by atoms with Gasteiger partial charge in [0.2, 0.25) is 0 Å². The molecule has 18 heavy (non-hydrogen) atoms. The Kier molecular flexibility index (Phi) is 4.00. The van der Waals surface area contributed by atoms with Crippen LogP contribution in [-0.4, -0.2) is 18.9 Å². The Balaban J connectivity index is 3.44. The van der Waals surface area contributed by atoms with E-state index in [2.05, 4.69) is 4.74 Å². The average molecular weight is 268 g/mol. The number of alkyl halides is 5. The van der Waals surface area contributed by atoms with Gasteiger partial charge in [0, 0.05) is 5.56 Å². The van der Waals surface area contributed by atoms with Crippen molar-refractivity contribution >= 4 is 12.6 Å². The summed E-state index contributed by atoms with van der Waals surface area (Å²) in [5.74, 6) is -1.29. The minimum atomic E-state index is -5.22. The third kappa shape index (κ3) is 3.25. The van der Waals surface area contributed by atoms with Crippen molar-refractivity contribution in [3.63, 3.8) is 0 Å². The molecule has 0 aliphatic carbocycles. The van der Waals surface area contributed by atoms with Crippen molar-refractivity contribution in [1.82, 2.24) is 0 Å². The van der Waals surface area contributed by atoms with Gasteiger partial charge in [0.05, 0.1) is 11.1 Å². The zero-order valence-corrected chi connectivity index (χ0v) is 8.50. The maximum atomic E-state index is 12.6. The van der Waals surface area contributed by atoms with Gasteiger partial charge in [0.25, 0.3) is 6.43 Å². The lowest BCUT2D eigenvalue weighted by atomic mass is 10.1. The predicted octanol–water partition coefficient (Wildman–Crippen LogP) is 3.15. The van der Waals surface area contributed by atoms with Crippen molar-refractivity contribution in [1.29, 1.82) is 0 Å². The zero-order valence-electron chi connectivity index (χ0n) is 8.50. The Bertz CT molecular complexity index is 467. The molecule has 0 spiro atoms. The lowest BCUT2D eigenvalue weighted by molar-refractivity contribution is -0.275. The summed E-state index contributed by atoms with van der Waals surface area (Å²) in [6, 6.07) is 1.26. The first kappa shape index (κ1) is 14.1. The van der Waals surface area contributed by atoms with Crippen LogP contribution < -0.4 is 4.74 Å². The Morgan fingerprint density at radius 1 is 1.11 bits per heavy atom. The average Bonchev–Trinajstić information content (AvgIpc) is 2.26. The van der Waals surface area contributed by atoms with Gasteiger partial charge in [-0.2, -0.15) is 0 Å². The molecule has 0 aliphatic rings. The van der Waals surface area contributed by atoms with E-state index in [1.807, 2.05) is 0 Å². The largest absolute Gasteiger partial charge is 0.573 e. The van der Waals surface area contributed by atoms with Crippen molar-refractivity contribution in [3.8, 4) is 5.75 Å². The van der Waals surface area contributed by atoms with Crippen LogP contribution >= 0.6 is 0 Å². The maximum Gasteiger partial charge on any atom is 0.573 e. The van der Waals surface area contributed by atoms with Crippen LogP contribution in [0, 0.1) is 0 Å². The highest BCUT2D eigenvalue weighted by Crippen LogP contribution is 2.36. The van der Waals surface area contributed by atoms with Gasteiger partial charge in [-0.1, -0.05) is 0 Å². The summed E-state index contributed by atoms with van der Waals surface area (Å²) in [5.41, 5.74) is -2.28. The molecule has 0 radical (unpaired) electrons. The van der Waals surface area contributed by atoms with Gasteiger partial charge < -0.3 is 4.74 Å². The Hall–Kier alpha value is -1.99. The molecule has 1 aromatic rings. The summed E-state index contributed by atoms with van der Waals surface area (Å²) in [7, 11) is 0. The number of halogens is 5. The molecule has 98 valence electrons. The highest BCUT2D eigenvalue weighted by atomic mass is 19.4. The van der Waals surface area contributed by atoms with E-state index >= 15 is 0 Å². The van der Waals surface area contributed by atoms with Gasteiger partial charge in [-0.05, 0) is 12.1 Å². The Morgan fingerprint density at radius 2 is 1.72 bits per heavy atom. The van der Waals surface area contributed by atoms with Crippen molar-refractivity contribution in [3.05, 3.63) is 28.8 Å². The molecular formula is C10H5F5O3. The summed E-state index contributed by atoms with van der Waals surface area (Å²) < 4.78 is 64.6. The second kappa shape index (κ2) is 5.11. The third-order valence-electron chi connectivity index (χ3n) is 1.88. The predicted molar refractivity (Wildman–Crippen MR) is 48.9 cm³/mol. The molecule has 0 bridgehead atoms. The number of carbonyl (C=O) groups is 2. The number of benzene rings is 1. The summed E-state index contributed by atoms with van der Waals surface area (Å²) in [6.07, 6.45) is -8.50. The lowest BCUT2D eigenvalue weighted by Gasteiger charge is -2.15. The fourth-order valence-electron chi connectivity index (χ4n) is 1.25. The third-order valence-corrected chi connectivity index (χ3v) is 1.88. The van der Waals surface area contributed by atoms with Gasteiger partial charge in [-0.25, -0.2) is 8.78 Å². The Morgan fingerprint density at radius 3 is 2.11 bits per heavy atom. The van der Waals surface area contributed by atoms with Crippen molar-refractivity contribution < 1.29 is 36.3 Å². The molecule has 0 aliphatic heterocycles. The van der Waals surface area contributed by atoms with Crippen LogP contribution in [0.15, 0.2) is 12.1 Å². The SMILES string of the molecule is O=Cc1cc(C=O)c(OC(F)(F)F)c(C(F)F)c1. The van der Waals surface area contributed by atoms with E-state index in [1.165, 1.54) is 0 Å². The molecule has 0 N–H and O–H groups in total. The molecule has 0 atom stereocenters. The van der Waals surface area contributed by atoms with Crippen LogP contribution in [0.25, 0.3) is 0 Å². The molecule has 3 nitrogen and oxygen atoms in total. The number of ether oxygens (including phenoxy) is 1. The van der Waals surface area contributed by atoms with Crippen LogP contribution in [0.4, 0.5) is 22.0 Å². The van der Waals surface area contributed by atoms with E-state index in [1.54, 1.807) is 0 Å². The van der Waals surface area contributed by atoms with E-state index in [4.69, 9.17) is 0 Å². The highest BCUT2D eigenvalue weighted by molar-refractivity contribution is 5.86. The summed E-state index contributed by atoms with van der Waals surface area (Å²) in [6.45, 7) is 0. The van der Waals surface area contributed by atoms with Crippen LogP contribution in [-0.2, 0) is 0 Å². The zero-order chi connectivity index (χ0) is 13.9. The number of hydrogen-bond donors (Lipinski definition) is 0. The molecule has 0 aromatic heterocycles. The highest BCUT2D eigenvalue weighted by Gasteiger charge is 2.34. The Labute approximate surface area is 97.2 Å². The summed E-state index contributed by atoms with van der Waals surface area (Å²) in [4.78, 5) is 21.0. The number of hydrogen-bond acceptors (Lipinski definition) is 3. The van der Waals surface area contributed by atoms with Crippen LogP contribution in [0.2, 0.25) is 0 Å². The van der Waals surface area contributed by atoms with Crippen molar-refractivity contribution in [2.75, 3.05) is 0 Å². The molecule has 0 fully saturated rings. The molecule has 1 aromatic carbocycles. The molecule has 0 saturated heterocycles. The first-order valence-electron chi connectivity index (χ1n) is 4.40. The van der Waals surface area contributed by atoms with Crippen molar-refractivity contribution in [2.24, 2.45) is 0 Å². The first-order chi connectivity index (χ1) is 8.28. The molecular weight excluding hydrogens is 263 g/mol. The van der Waals surface area contributed by atoms with Gasteiger partial charge >= 0.3 is 6.36 Å². The summed E-state index contributed by atoms with van der Waals surface area (Å²) >= 11 is 0. The number of carbonyl (C=O) groups excluding carboxylic acids is 2. The second-order valence-electron chi connectivity index (χ2n) is 3.11. The van der Waals surface area contributed by atoms with Gasteiger partial charge in [0.15, 0.2) is 6.29 Å². The second-order valence-corrected chi connectivity index (χ2v) is 3.11. The van der Waals surface area contributed by atoms with E-state index in [0.717, 1.165) is 6.07 Å². The van der Waals surface area contributed by atoms with Gasteiger partial charge in [0.1, 0.15) is 12.0 Å². The molecule has 0 unspecified atom stereocenters. The van der Waals surface area contributed by atoms with Crippen molar-refractivity contribution in [2.45, 2.75) is 12.8 Å². The van der Waals surface area contributed by atoms with E-state index in [9.17, 15) is 31.5 Å². The van der Waals surface area contributed by atoms with Crippen LogP contribution in [0.1, 0.15) is 32.7 Å². The van der Waals surface area contributed by atoms with E-state index in [0.29, 0.717) is 6.07 Å². The number of rotatable bonds is 4. The number of aldehydes is 2. The van der Waals surface area contributed by atoms with Gasteiger partial charge in [-0.3, -0.25) is 9.59 Å². The fourth-order valence-corrected chi connectivity index (χ4v) is 1.25. The van der Waals surface area contributed by atoms with Crippen LogP contribution in [0.5, 0.6) is 5.75 Å². The van der Waals surface area contributed by atoms with E-state index in [-0.39, 0.29) is 18.1 Å². The van der Waals surface area contributed by atoms with Crippen LogP contribution in [0.3, 0.4) is 0 Å². The smallest absolute Gasteiger partial charge is 0.405 e. The molecule has 1 rings (SSSR count). The molecule has 0 amide bonds. The molecule has 0 heterocycles.